The highest BCUT2D eigenvalue weighted by Crippen LogP contribution is 2.17. The lowest BCUT2D eigenvalue weighted by molar-refractivity contribution is -0.120. The molecule has 30 heavy (non-hydrogen) atoms. The fraction of sp³-hybridized carbons (Fsp3) is 0.476. The molecule has 0 spiro atoms. The van der Waals surface area contributed by atoms with Crippen molar-refractivity contribution in [2.24, 2.45) is 12.0 Å². The molecule has 9 heteroatoms. The van der Waals surface area contributed by atoms with E-state index in [9.17, 15) is 4.79 Å². The summed E-state index contributed by atoms with van der Waals surface area (Å²) in [6.07, 6.45) is 4.36. The van der Waals surface area contributed by atoms with Crippen molar-refractivity contribution in [2.45, 2.75) is 13.3 Å². The molecule has 9 nitrogen and oxygen atoms in total. The van der Waals surface area contributed by atoms with Crippen LogP contribution in [0, 0.1) is 0 Å². The third-order valence-corrected chi connectivity index (χ3v) is 4.75. The molecular weight excluding hydrogens is 384 g/mol. The minimum atomic E-state index is 0.0442. The van der Waals surface area contributed by atoms with Crippen LogP contribution in [0.25, 0.3) is 0 Å². The molecule has 0 unspecified atom stereocenters. The number of carbonyl (C=O) groups excluding carboxylic acids is 1. The van der Waals surface area contributed by atoms with E-state index in [4.69, 9.17) is 9.47 Å². The van der Waals surface area contributed by atoms with Crippen LogP contribution in [-0.4, -0.2) is 73.0 Å². The number of hydrogen-bond donors (Lipinski definition) is 1. The average molecular weight is 415 g/mol. The molecule has 1 aromatic heterocycles. The predicted molar refractivity (Wildman–Crippen MR) is 116 cm³/mol. The average Bonchev–Trinajstić information content (AvgIpc) is 3.19. The number of piperazine rings is 1. The minimum Gasteiger partial charge on any atom is -0.497 e. The number of amides is 1. The summed E-state index contributed by atoms with van der Waals surface area (Å²) in [5.74, 6) is 2.42. The molecule has 1 saturated heterocycles. The van der Waals surface area contributed by atoms with Gasteiger partial charge in [0.05, 0.1) is 25.6 Å². The Balaban J connectivity index is 1.48. The van der Waals surface area contributed by atoms with Gasteiger partial charge in [-0.05, 0) is 31.2 Å². The van der Waals surface area contributed by atoms with Gasteiger partial charge in [0.15, 0.2) is 5.96 Å². The van der Waals surface area contributed by atoms with Crippen LogP contribution in [0.2, 0.25) is 0 Å². The molecule has 1 N–H and O–H groups in total. The summed E-state index contributed by atoms with van der Waals surface area (Å²) in [5.41, 5.74) is 0.833. The van der Waals surface area contributed by atoms with Crippen LogP contribution >= 0.6 is 0 Å². The van der Waals surface area contributed by atoms with E-state index >= 15 is 0 Å². The molecule has 0 atom stereocenters. The van der Waals surface area contributed by atoms with Crippen LogP contribution in [0.5, 0.6) is 11.5 Å². The van der Waals surface area contributed by atoms with Gasteiger partial charge in [-0.2, -0.15) is 5.10 Å². The number of nitrogens with zero attached hydrogens (tertiary/aromatic N) is 5. The van der Waals surface area contributed by atoms with Crippen LogP contribution in [0.15, 0.2) is 41.7 Å². The van der Waals surface area contributed by atoms with Crippen molar-refractivity contribution in [3.8, 4) is 11.5 Å². The fourth-order valence-electron chi connectivity index (χ4n) is 3.21. The summed E-state index contributed by atoms with van der Waals surface area (Å²) in [6.45, 7) is 5.58. The lowest BCUT2D eigenvalue weighted by Gasteiger charge is -2.35. The summed E-state index contributed by atoms with van der Waals surface area (Å²) >= 11 is 0. The van der Waals surface area contributed by atoms with Crippen molar-refractivity contribution >= 4 is 17.6 Å². The molecule has 1 aromatic carbocycles. The number of aromatic nitrogens is 2. The maximum Gasteiger partial charge on any atom is 0.246 e. The molecule has 0 aliphatic carbocycles. The number of benzene rings is 1. The van der Waals surface area contributed by atoms with Gasteiger partial charge in [0.1, 0.15) is 18.0 Å². The zero-order chi connectivity index (χ0) is 21.3. The van der Waals surface area contributed by atoms with E-state index in [1.54, 1.807) is 22.9 Å². The predicted octanol–water partition coefficient (Wildman–Crippen LogP) is 1.51. The van der Waals surface area contributed by atoms with E-state index in [1.807, 2.05) is 49.3 Å². The summed E-state index contributed by atoms with van der Waals surface area (Å²) in [5, 5.41) is 7.44. The molecule has 0 radical (unpaired) electrons. The highest BCUT2D eigenvalue weighted by Gasteiger charge is 2.27. The first-order valence-corrected chi connectivity index (χ1v) is 10.2. The number of hydrogen-bond acceptors (Lipinski definition) is 5. The molecule has 1 fully saturated rings. The Kier molecular flexibility index (Phi) is 7.53. The second kappa shape index (κ2) is 10.5. The third kappa shape index (κ3) is 5.65. The largest absolute Gasteiger partial charge is 0.497 e. The van der Waals surface area contributed by atoms with E-state index in [2.05, 4.69) is 15.4 Å². The number of anilines is 1. The van der Waals surface area contributed by atoms with Crippen LogP contribution in [0.4, 0.5) is 5.69 Å². The van der Waals surface area contributed by atoms with Gasteiger partial charge < -0.3 is 24.6 Å². The maximum atomic E-state index is 12.6. The number of aliphatic imine (C=N–C) groups is 1. The van der Waals surface area contributed by atoms with E-state index in [-0.39, 0.29) is 5.91 Å². The SMILES string of the molecule is CCNC(=NCCCOc1ccc(OC)cc1)N1CCN(c2cnn(C)c2)C(=O)C1. The van der Waals surface area contributed by atoms with Crippen LogP contribution in [0.3, 0.4) is 0 Å². The monoisotopic (exact) mass is 414 g/mol. The Morgan fingerprint density at radius 1 is 1.23 bits per heavy atom. The van der Waals surface area contributed by atoms with Gasteiger partial charge in [-0.3, -0.25) is 14.5 Å². The van der Waals surface area contributed by atoms with Gasteiger partial charge >= 0.3 is 0 Å². The maximum absolute atomic E-state index is 12.6. The topological polar surface area (TPSA) is 84.2 Å². The number of guanidine groups is 1. The number of ether oxygens (including phenoxy) is 2. The van der Waals surface area contributed by atoms with Gasteiger partial charge in [0, 0.05) is 45.8 Å². The van der Waals surface area contributed by atoms with Crippen molar-refractivity contribution in [3.05, 3.63) is 36.7 Å². The fourth-order valence-corrected chi connectivity index (χ4v) is 3.21. The van der Waals surface area contributed by atoms with Crippen molar-refractivity contribution in [2.75, 3.05) is 51.3 Å². The van der Waals surface area contributed by atoms with Gasteiger partial charge in [-0.1, -0.05) is 0 Å². The lowest BCUT2D eigenvalue weighted by Crippen LogP contribution is -2.55. The van der Waals surface area contributed by atoms with E-state index in [0.29, 0.717) is 26.2 Å². The summed E-state index contributed by atoms with van der Waals surface area (Å²) in [6, 6.07) is 7.52. The van der Waals surface area contributed by atoms with E-state index in [0.717, 1.165) is 42.7 Å². The first kappa shape index (κ1) is 21.5. The molecule has 0 saturated carbocycles. The van der Waals surface area contributed by atoms with Gasteiger partial charge in [0.25, 0.3) is 0 Å². The molecule has 2 aromatic rings. The van der Waals surface area contributed by atoms with Gasteiger partial charge in [0.2, 0.25) is 5.91 Å². The van der Waals surface area contributed by atoms with Crippen molar-refractivity contribution in [1.29, 1.82) is 0 Å². The number of nitrogens with one attached hydrogen (secondary N) is 1. The minimum absolute atomic E-state index is 0.0442. The van der Waals surface area contributed by atoms with Crippen molar-refractivity contribution in [1.82, 2.24) is 20.0 Å². The third-order valence-electron chi connectivity index (χ3n) is 4.75. The summed E-state index contributed by atoms with van der Waals surface area (Å²) in [7, 11) is 3.49. The molecule has 1 aliphatic rings. The second-order valence-corrected chi connectivity index (χ2v) is 6.95. The van der Waals surface area contributed by atoms with Crippen LogP contribution in [-0.2, 0) is 11.8 Å². The van der Waals surface area contributed by atoms with Gasteiger partial charge in [-0.15, -0.1) is 0 Å². The number of aryl methyl sites for hydroxylation is 1. The standard InChI is InChI=1S/C21H30N6O3/c1-4-22-21(23-10-5-13-30-19-8-6-18(29-3)7-9-19)26-11-12-27(20(28)16-26)17-14-24-25(2)15-17/h6-9,14-15H,4-5,10-13,16H2,1-3H3,(H,22,23). The zero-order valence-corrected chi connectivity index (χ0v) is 17.9. The smallest absolute Gasteiger partial charge is 0.246 e. The second-order valence-electron chi connectivity index (χ2n) is 6.95. The van der Waals surface area contributed by atoms with Gasteiger partial charge in [-0.25, -0.2) is 0 Å². The first-order chi connectivity index (χ1) is 14.6. The summed E-state index contributed by atoms with van der Waals surface area (Å²) < 4.78 is 12.6. The van der Waals surface area contributed by atoms with Crippen LogP contribution < -0.4 is 19.7 Å². The molecule has 1 aliphatic heterocycles. The molecule has 1 amide bonds. The molecule has 3 rings (SSSR count). The quantitative estimate of drug-likeness (QED) is 0.401. The lowest BCUT2D eigenvalue weighted by atomic mass is 10.3. The Labute approximate surface area is 177 Å². The Morgan fingerprint density at radius 2 is 2.00 bits per heavy atom. The number of rotatable bonds is 8. The summed E-state index contributed by atoms with van der Waals surface area (Å²) in [4.78, 5) is 21.1. The Morgan fingerprint density at radius 3 is 2.63 bits per heavy atom. The Bertz CT molecular complexity index is 849. The van der Waals surface area contributed by atoms with Crippen LogP contribution in [0.1, 0.15) is 13.3 Å². The Hall–Kier alpha value is -3.23. The van der Waals surface area contributed by atoms with E-state index in [1.165, 1.54) is 0 Å². The van der Waals surface area contributed by atoms with Crippen molar-refractivity contribution < 1.29 is 14.3 Å². The molecule has 2 heterocycles. The van der Waals surface area contributed by atoms with Crippen molar-refractivity contribution in [3.63, 3.8) is 0 Å². The normalized spacial score (nSPS) is 14.8. The zero-order valence-electron chi connectivity index (χ0n) is 17.9. The first-order valence-electron chi connectivity index (χ1n) is 10.2. The van der Waals surface area contributed by atoms with E-state index < -0.39 is 0 Å². The highest BCUT2D eigenvalue weighted by atomic mass is 16.5. The number of methoxy groups -OCH3 is 1. The highest BCUT2D eigenvalue weighted by molar-refractivity contribution is 5.98. The molecule has 162 valence electrons. The number of carbonyl (C=O) groups is 1. The molecular formula is C21H30N6O3. The molecule has 0 bridgehead atoms.